The van der Waals surface area contributed by atoms with E-state index in [2.05, 4.69) is 79.9 Å². The summed E-state index contributed by atoms with van der Waals surface area (Å²) in [5.74, 6) is 2.04. The van der Waals surface area contributed by atoms with Crippen LogP contribution in [-0.2, 0) is 6.54 Å². The van der Waals surface area contributed by atoms with Crippen molar-refractivity contribution in [2.24, 2.45) is 0 Å². The summed E-state index contributed by atoms with van der Waals surface area (Å²) in [6, 6.07) is 27.1. The van der Waals surface area contributed by atoms with Crippen molar-refractivity contribution < 1.29 is 0 Å². The van der Waals surface area contributed by atoms with E-state index in [1.54, 1.807) is 6.20 Å². The zero-order valence-corrected chi connectivity index (χ0v) is 22.4. The monoisotopic (exact) mass is 526 g/mol. The zero-order chi connectivity index (χ0) is 26.9. The van der Waals surface area contributed by atoms with Gasteiger partial charge < -0.3 is 0 Å². The van der Waals surface area contributed by atoms with Gasteiger partial charge in [0, 0.05) is 41.5 Å². The van der Waals surface area contributed by atoms with Gasteiger partial charge in [-0.3, -0.25) is 10.00 Å². The van der Waals surface area contributed by atoms with Gasteiger partial charge >= 0.3 is 0 Å². The Morgan fingerprint density at radius 1 is 0.825 bits per heavy atom. The number of aromatic nitrogens is 7. The third-order valence-electron chi connectivity index (χ3n) is 7.70. The van der Waals surface area contributed by atoms with Gasteiger partial charge in [0.05, 0.1) is 11.9 Å². The van der Waals surface area contributed by atoms with Crippen molar-refractivity contribution in [3.63, 3.8) is 0 Å². The van der Waals surface area contributed by atoms with Gasteiger partial charge in [-0.25, -0.2) is 19.5 Å². The Bertz CT molecular complexity index is 1750. The molecule has 2 aromatic carbocycles. The topological polar surface area (TPSA) is 87.9 Å². The van der Waals surface area contributed by atoms with E-state index in [1.807, 2.05) is 41.8 Å². The van der Waals surface area contributed by atoms with Crippen LogP contribution in [0.5, 0.6) is 0 Å². The number of hydrogen-bond donors (Lipinski definition) is 1. The van der Waals surface area contributed by atoms with Crippen LogP contribution in [0.25, 0.3) is 39.5 Å². The number of rotatable bonds is 6. The lowest BCUT2D eigenvalue weighted by Crippen LogP contribution is -2.32. The fourth-order valence-corrected chi connectivity index (χ4v) is 5.53. The fraction of sp³-hybridized carbons (Fsp3) is 0.219. The van der Waals surface area contributed by atoms with Gasteiger partial charge in [0.1, 0.15) is 11.5 Å². The van der Waals surface area contributed by atoms with E-state index in [1.165, 1.54) is 5.56 Å². The molecular formula is C32H30N8. The lowest BCUT2D eigenvalue weighted by atomic mass is 9.95. The first-order valence-electron chi connectivity index (χ1n) is 13.8. The van der Waals surface area contributed by atoms with E-state index >= 15 is 0 Å². The summed E-state index contributed by atoms with van der Waals surface area (Å²) >= 11 is 0. The number of aromatic amines is 1. The minimum absolute atomic E-state index is 0.394. The van der Waals surface area contributed by atoms with Crippen LogP contribution in [0, 0.1) is 6.92 Å². The Hall–Kier alpha value is -4.69. The highest BCUT2D eigenvalue weighted by molar-refractivity contribution is 5.81. The first-order valence-corrected chi connectivity index (χ1v) is 13.8. The van der Waals surface area contributed by atoms with Gasteiger partial charge in [0.15, 0.2) is 11.5 Å². The van der Waals surface area contributed by atoms with Crippen LogP contribution in [0.15, 0.2) is 91.3 Å². The Kier molecular flexibility index (Phi) is 6.37. The number of likely N-dealkylation sites (tertiary alicyclic amines) is 1. The molecule has 1 saturated heterocycles. The minimum Gasteiger partial charge on any atom is -0.299 e. The molecule has 40 heavy (non-hydrogen) atoms. The Balaban J connectivity index is 1.03. The number of aryl methyl sites for hydroxylation is 1. The van der Waals surface area contributed by atoms with Crippen molar-refractivity contribution in [3.05, 3.63) is 108 Å². The Labute approximate surface area is 232 Å². The van der Waals surface area contributed by atoms with Crippen LogP contribution in [0.2, 0.25) is 0 Å². The smallest absolute Gasteiger partial charge is 0.199 e. The molecule has 0 bridgehead atoms. The van der Waals surface area contributed by atoms with Crippen LogP contribution in [-0.4, -0.2) is 52.8 Å². The van der Waals surface area contributed by atoms with Gasteiger partial charge in [-0.1, -0.05) is 60.7 Å². The molecule has 0 aliphatic carbocycles. The molecule has 5 heterocycles. The van der Waals surface area contributed by atoms with Gasteiger partial charge in [0.25, 0.3) is 0 Å². The molecule has 8 nitrogen and oxygen atoms in total. The van der Waals surface area contributed by atoms with E-state index < -0.39 is 0 Å². The van der Waals surface area contributed by atoms with Crippen LogP contribution in [0.3, 0.4) is 0 Å². The molecule has 0 atom stereocenters. The highest BCUT2D eigenvalue weighted by Crippen LogP contribution is 2.32. The molecule has 7 rings (SSSR count). The number of fused-ring (bicyclic) bond motifs is 1. The Morgan fingerprint density at radius 3 is 2.45 bits per heavy atom. The highest BCUT2D eigenvalue weighted by Gasteiger charge is 2.24. The molecule has 1 fully saturated rings. The van der Waals surface area contributed by atoms with Gasteiger partial charge in [-0.05, 0) is 56.1 Å². The number of benzene rings is 2. The second-order valence-corrected chi connectivity index (χ2v) is 10.5. The normalized spacial score (nSPS) is 14.6. The Morgan fingerprint density at radius 2 is 1.65 bits per heavy atom. The number of nitrogens with zero attached hydrogens (tertiary/aromatic N) is 7. The summed E-state index contributed by atoms with van der Waals surface area (Å²) in [6.07, 6.45) is 5.98. The zero-order valence-electron chi connectivity index (χ0n) is 22.4. The maximum absolute atomic E-state index is 4.96. The third-order valence-corrected chi connectivity index (χ3v) is 7.70. The van der Waals surface area contributed by atoms with Crippen molar-refractivity contribution >= 4 is 5.65 Å². The lowest BCUT2D eigenvalue weighted by Gasteiger charge is -2.31. The summed E-state index contributed by atoms with van der Waals surface area (Å²) in [7, 11) is 0. The van der Waals surface area contributed by atoms with Crippen LogP contribution < -0.4 is 0 Å². The third kappa shape index (κ3) is 4.89. The van der Waals surface area contributed by atoms with Crippen LogP contribution in [0.4, 0.5) is 0 Å². The van der Waals surface area contributed by atoms with Crippen molar-refractivity contribution in [2.45, 2.75) is 32.2 Å². The van der Waals surface area contributed by atoms with Crippen LogP contribution in [0.1, 0.15) is 35.8 Å². The largest absolute Gasteiger partial charge is 0.299 e. The molecule has 0 unspecified atom stereocenters. The van der Waals surface area contributed by atoms with Crippen molar-refractivity contribution in [3.8, 4) is 33.9 Å². The summed E-state index contributed by atoms with van der Waals surface area (Å²) in [4.78, 5) is 16.8. The van der Waals surface area contributed by atoms with Gasteiger partial charge in [0.2, 0.25) is 0 Å². The molecule has 0 amide bonds. The number of H-pyrrole nitrogens is 1. The molecule has 1 N–H and O–H groups in total. The molecule has 198 valence electrons. The van der Waals surface area contributed by atoms with E-state index in [4.69, 9.17) is 9.97 Å². The first kappa shape index (κ1) is 24.4. The second kappa shape index (κ2) is 10.5. The van der Waals surface area contributed by atoms with Crippen molar-refractivity contribution in [1.29, 1.82) is 0 Å². The summed E-state index contributed by atoms with van der Waals surface area (Å²) in [6.45, 7) is 4.98. The lowest BCUT2D eigenvalue weighted by molar-refractivity contribution is 0.202. The molecule has 4 aromatic heterocycles. The average molecular weight is 527 g/mol. The predicted molar refractivity (Wildman–Crippen MR) is 155 cm³/mol. The quantitative estimate of drug-likeness (QED) is 0.289. The molecule has 1 aliphatic heterocycles. The molecule has 0 radical (unpaired) electrons. The second-order valence-electron chi connectivity index (χ2n) is 10.5. The summed E-state index contributed by atoms with van der Waals surface area (Å²) < 4.78 is 1.84. The number of nitrogens with one attached hydrogen (secondary N) is 1. The SMILES string of the molecule is Cc1cccc(-c2n[nH]c(C3CCN(Cc4ccc(-c5nc6ccnn6cc5-c5ccccc5)cc4)CC3)n2)n1. The summed E-state index contributed by atoms with van der Waals surface area (Å²) in [5.41, 5.74) is 8.21. The minimum atomic E-state index is 0.394. The fourth-order valence-electron chi connectivity index (χ4n) is 5.53. The molecule has 0 spiro atoms. The number of hydrogen-bond acceptors (Lipinski definition) is 6. The van der Waals surface area contributed by atoms with E-state index in [0.29, 0.717) is 11.7 Å². The maximum atomic E-state index is 4.96. The van der Waals surface area contributed by atoms with E-state index in [9.17, 15) is 0 Å². The molecule has 6 aromatic rings. The molecule has 8 heteroatoms. The van der Waals surface area contributed by atoms with Gasteiger partial charge in [-0.2, -0.15) is 10.2 Å². The molecule has 0 saturated carbocycles. The maximum Gasteiger partial charge on any atom is 0.199 e. The van der Waals surface area contributed by atoms with E-state index in [0.717, 1.165) is 77.7 Å². The first-order chi connectivity index (χ1) is 19.7. The highest BCUT2D eigenvalue weighted by atomic mass is 15.2. The standard InChI is InChI=1S/C32H30N8/c1-22-6-5-9-28(34-22)32-36-31(37-38-32)26-15-18-39(19-16-26)20-23-10-12-25(13-11-23)30-27(24-7-3-2-4-8-24)21-40-29(35-30)14-17-33-40/h2-14,17,21,26H,15-16,18-20H2,1H3,(H,36,37,38). The van der Waals surface area contributed by atoms with Crippen LogP contribution >= 0.6 is 0 Å². The predicted octanol–water partition coefficient (Wildman–Crippen LogP) is 5.93. The van der Waals surface area contributed by atoms with Gasteiger partial charge in [-0.15, -0.1) is 0 Å². The number of pyridine rings is 1. The van der Waals surface area contributed by atoms with Crippen molar-refractivity contribution in [2.75, 3.05) is 13.1 Å². The molecule has 1 aliphatic rings. The average Bonchev–Trinajstić information content (AvgIpc) is 3.68. The van der Waals surface area contributed by atoms with Crippen molar-refractivity contribution in [1.82, 2.24) is 39.7 Å². The summed E-state index contributed by atoms with van der Waals surface area (Å²) in [5, 5.41) is 12.0. The van der Waals surface area contributed by atoms with E-state index in [-0.39, 0.29) is 0 Å². The number of piperidine rings is 1. The molecular weight excluding hydrogens is 496 g/mol.